The first-order chi connectivity index (χ1) is 16.3. The third kappa shape index (κ3) is 2.70. The maximum Gasteiger partial charge on any atom is 0.0823 e. The topological polar surface area (TPSA) is 17.3 Å². The molecular formula is C31H27N2P. The third-order valence-electron chi connectivity index (χ3n) is 7.32. The fourth-order valence-electron chi connectivity index (χ4n) is 6.04. The molecule has 0 aliphatic carbocycles. The number of nitrogens with zero attached hydrogens (tertiary/aromatic N) is 2. The highest BCUT2D eigenvalue weighted by molar-refractivity contribution is 7.27. The SMILES string of the molecule is Cc1c2ccc(CC(C)(C)C)cc2cc2c3nccc4ccc5c6cc(P)ccc6n(c12)c5c43. The van der Waals surface area contributed by atoms with Gasteiger partial charge in [0.05, 0.1) is 22.1 Å². The largest absolute Gasteiger partial charge is 0.308 e. The van der Waals surface area contributed by atoms with Gasteiger partial charge >= 0.3 is 0 Å². The predicted molar refractivity (Wildman–Crippen MR) is 151 cm³/mol. The number of pyridine rings is 2. The van der Waals surface area contributed by atoms with E-state index in [1.165, 1.54) is 70.7 Å². The molecule has 2 nitrogen and oxygen atoms in total. The Hall–Kier alpha value is -3.22. The number of hydrogen-bond donors (Lipinski definition) is 0. The summed E-state index contributed by atoms with van der Waals surface area (Å²) in [5, 5.41) is 10.2. The van der Waals surface area contributed by atoms with Crippen molar-refractivity contribution in [2.24, 2.45) is 5.41 Å². The number of benzene rings is 4. The van der Waals surface area contributed by atoms with E-state index in [9.17, 15) is 0 Å². The molecule has 3 heterocycles. The zero-order valence-electron chi connectivity index (χ0n) is 20.0. The highest BCUT2D eigenvalue weighted by Gasteiger charge is 2.21. The van der Waals surface area contributed by atoms with E-state index in [1.807, 2.05) is 6.20 Å². The molecule has 3 heteroatoms. The van der Waals surface area contributed by atoms with Crippen molar-refractivity contribution in [3.05, 3.63) is 78.0 Å². The first-order valence-electron chi connectivity index (χ1n) is 12.0. The van der Waals surface area contributed by atoms with E-state index in [0.717, 1.165) is 11.9 Å². The highest BCUT2D eigenvalue weighted by atomic mass is 31.0. The van der Waals surface area contributed by atoms with Crippen LogP contribution in [-0.4, -0.2) is 9.38 Å². The minimum absolute atomic E-state index is 0.259. The molecule has 0 spiro atoms. The summed E-state index contributed by atoms with van der Waals surface area (Å²) < 4.78 is 2.50. The maximum absolute atomic E-state index is 4.96. The van der Waals surface area contributed by atoms with Crippen molar-refractivity contribution >= 4 is 74.3 Å². The molecule has 0 amide bonds. The second-order valence-electron chi connectivity index (χ2n) is 11.0. The summed E-state index contributed by atoms with van der Waals surface area (Å²) in [6.45, 7) is 9.19. The van der Waals surface area contributed by atoms with Gasteiger partial charge in [0, 0.05) is 27.7 Å². The number of fused-ring (bicyclic) bond motifs is 7. The van der Waals surface area contributed by atoms with Gasteiger partial charge in [-0.25, -0.2) is 0 Å². The van der Waals surface area contributed by atoms with Crippen molar-refractivity contribution in [2.75, 3.05) is 0 Å². The Kier molecular flexibility index (Phi) is 3.96. The standard InChI is InChI=1S/C31H27N2P/c1-17-22-8-5-18(16-31(2,3)4)13-20(22)14-25-28-27-19(11-12-32-28)6-9-23-24-15-21(34)7-10-26(24)33(29(17)25)30(23)27/h5-15H,16,34H2,1-4H3. The van der Waals surface area contributed by atoms with Crippen molar-refractivity contribution in [3.63, 3.8) is 0 Å². The average molecular weight is 459 g/mol. The van der Waals surface area contributed by atoms with E-state index in [-0.39, 0.29) is 5.41 Å². The Morgan fingerprint density at radius 3 is 2.44 bits per heavy atom. The molecule has 1 unspecified atom stereocenters. The van der Waals surface area contributed by atoms with Crippen molar-refractivity contribution in [2.45, 2.75) is 34.1 Å². The summed E-state index contributed by atoms with van der Waals surface area (Å²) in [5.41, 5.74) is 7.88. The molecular weight excluding hydrogens is 431 g/mol. The second-order valence-corrected chi connectivity index (χ2v) is 11.7. The van der Waals surface area contributed by atoms with Crippen LogP contribution >= 0.6 is 9.24 Å². The molecule has 34 heavy (non-hydrogen) atoms. The minimum atomic E-state index is 0.259. The van der Waals surface area contributed by atoms with Crippen molar-refractivity contribution < 1.29 is 0 Å². The molecule has 7 rings (SSSR count). The van der Waals surface area contributed by atoms with Crippen LogP contribution in [0.25, 0.3) is 59.8 Å². The summed E-state index contributed by atoms with van der Waals surface area (Å²) in [6, 6.07) is 22.8. The Bertz CT molecular complexity index is 1940. The average Bonchev–Trinajstić information content (AvgIpc) is 3.11. The second kappa shape index (κ2) is 6.68. The van der Waals surface area contributed by atoms with E-state index >= 15 is 0 Å². The lowest BCUT2D eigenvalue weighted by atomic mass is 9.87. The predicted octanol–water partition coefficient (Wildman–Crippen LogP) is 7.94. The molecule has 0 fully saturated rings. The molecule has 4 aromatic carbocycles. The molecule has 3 aromatic heterocycles. The van der Waals surface area contributed by atoms with Crippen LogP contribution in [0.15, 0.2) is 66.9 Å². The van der Waals surface area contributed by atoms with Gasteiger partial charge in [-0.15, -0.1) is 9.24 Å². The van der Waals surface area contributed by atoms with E-state index < -0.39 is 0 Å². The molecule has 0 radical (unpaired) electrons. The van der Waals surface area contributed by atoms with E-state index in [0.29, 0.717) is 0 Å². The van der Waals surface area contributed by atoms with Crippen LogP contribution in [0.1, 0.15) is 31.9 Å². The lowest BCUT2D eigenvalue weighted by Crippen LogP contribution is -2.09. The van der Waals surface area contributed by atoms with Crippen molar-refractivity contribution in [1.29, 1.82) is 0 Å². The Balaban J connectivity index is 1.74. The van der Waals surface area contributed by atoms with Crippen molar-refractivity contribution in [1.82, 2.24) is 9.38 Å². The Morgan fingerprint density at radius 1 is 0.794 bits per heavy atom. The van der Waals surface area contributed by atoms with E-state index in [2.05, 4.69) is 102 Å². The minimum Gasteiger partial charge on any atom is -0.308 e. The van der Waals surface area contributed by atoms with Gasteiger partial charge in [-0.05, 0) is 75.6 Å². The lowest BCUT2D eigenvalue weighted by molar-refractivity contribution is 0.411. The quantitative estimate of drug-likeness (QED) is 0.139. The number of aryl methyl sites for hydroxylation is 1. The Labute approximate surface area is 201 Å². The Morgan fingerprint density at radius 2 is 1.62 bits per heavy atom. The van der Waals surface area contributed by atoms with Gasteiger partial charge in [0.2, 0.25) is 0 Å². The fraction of sp³-hybridized carbons (Fsp3) is 0.194. The number of aromatic nitrogens is 2. The monoisotopic (exact) mass is 458 g/mol. The molecule has 166 valence electrons. The number of hydrogen-bond acceptors (Lipinski definition) is 1. The number of rotatable bonds is 1. The molecule has 0 aliphatic rings. The van der Waals surface area contributed by atoms with Gasteiger partial charge in [0.1, 0.15) is 0 Å². The van der Waals surface area contributed by atoms with Crippen LogP contribution in [0.5, 0.6) is 0 Å². The van der Waals surface area contributed by atoms with Gasteiger partial charge in [0.15, 0.2) is 0 Å². The van der Waals surface area contributed by atoms with Gasteiger partial charge < -0.3 is 4.40 Å². The van der Waals surface area contributed by atoms with E-state index in [4.69, 9.17) is 4.98 Å². The van der Waals surface area contributed by atoms with Crippen LogP contribution in [0, 0.1) is 12.3 Å². The summed E-state index contributed by atoms with van der Waals surface area (Å²) in [6.07, 6.45) is 3.03. The van der Waals surface area contributed by atoms with Gasteiger partial charge in [-0.2, -0.15) is 0 Å². The van der Waals surface area contributed by atoms with E-state index in [1.54, 1.807) is 0 Å². The summed E-state index contributed by atoms with van der Waals surface area (Å²) in [7, 11) is 2.85. The first kappa shape index (κ1) is 20.2. The van der Waals surface area contributed by atoms with Crippen LogP contribution in [0.4, 0.5) is 0 Å². The highest BCUT2D eigenvalue weighted by Crippen LogP contribution is 2.42. The fourth-order valence-corrected chi connectivity index (χ4v) is 6.30. The summed E-state index contributed by atoms with van der Waals surface area (Å²) in [5.74, 6) is 0. The van der Waals surface area contributed by atoms with Crippen molar-refractivity contribution in [3.8, 4) is 0 Å². The normalized spacial score (nSPS) is 13.0. The third-order valence-corrected chi connectivity index (χ3v) is 7.68. The van der Waals surface area contributed by atoms with Crippen LogP contribution in [0.3, 0.4) is 0 Å². The van der Waals surface area contributed by atoms with Crippen LogP contribution < -0.4 is 5.30 Å². The van der Waals surface area contributed by atoms with Gasteiger partial charge in [-0.1, -0.05) is 57.2 Å². The van der Waals surface area contributed by atoms with Crippen LogP contribution in [-0.2, 0) is 6.42 Å². The first-order valence-corrected chi connectivity index (χ1v) is 12.6. The van der Waals surface area contributed by atoms with Gasteiger partial charge in [0.25, 0.3) is 0 Å². The summed E-state index contributed by atoms with van der Waals surface area (Å²) in [4.78, 5) is 4.96. The zero-order chi connectivity index (χ0) is 23.4. The maximum atomic E-state index is 4.96. The molecule has 7 aromatic rings. The molecule has 1 atom stereocenters. The molecule has 0 N–H and O–H groups in total. The van der Waals surface area contributed by atoms with Crippen LogP contribution in [0.2, 0.25) is 0 Å². The van der Waals surface area contributed by atoms with Gasteiger partial charge in [-0.3, -0.25) is 4.98 Å². The molecule has 0 saturated carbocycles. The smallest absolute Gasteiger partial charge is 0.0823 e. The molecule has 0 aliphatic heterocycles. The summed E-state index contributed by atoms with van der Waals surface area (Å²) >= 11 is 0. The lowest BCUT2D eigenvalue weighted by Gasteiger charge is -2.19. The zero-order valence-corrected chi connectivity index (χ0v) is 21.2. The molecule has 0 saturated heterocycles. The molecule has 0 bridgehead atoms.